The molecule has 0 aliphatic carbocycles. The van der Waals surface area contributed by atoms with Crippen molar-refractivity contribution in [3.63, 3.8) is 0 Å². The van der Waals surface area contributed by atoms with Gasteiger partial charge in [-0.2, -0.15) is 23.4 Å². The van der Waals surface area contributed by atoms with E-state index in [0.717, 1.165) is 10.9 Å². The Morgan fingerprint density at radius 2 is 2.09 bits per heavy atom. The van der Waals surface area contributed by atoms with Crippen LogP contribution in [0.1, 0.15) is 21.7 Å². The molecule has 0 spiro atoms. The fraction of sp³-hybridized carbons (Fsp3) is 0.231. The van der Waals surface area contributed by atoms with Gasteiger partial charge in [-0.3, -0.25) is 9.48 Å². The van der Waals surface area contributed by atoms with Crippen molar-refractivity contribution in [2.75, 3.05) is 5.32 Å². The number of amides is 1. The molecule has 0 saturated carbocycles. The summed E-state index contributed by atoms with van der Waals surface area (Å²) in [6.07, 6.45) is -0.717. The molecule has 0 aliphatic rings. The standard InChI is InChI=1S/C13H11F3N6O/c1-7-3-4-22-11(18-7)8(5-17-22)12(23)19-9-6-21(2)20-10(9)13(14,15)16/h3-6H,1-2H3,(H,19,23). The second-order valence-electron chi connectivity index (χ2n) is 4.91. The van der Waals surface area contributed by atoms with E-state index in [4.69, 9.17) is 0 Å². The van der Waals surface area contributed by atoms with Crippen molar-refractivity contribution >= 4 is 17.2 Å². The lowest BCUT2D eigenvalue weighted by molar-refractivity contribution is -0.140. The smallest absolute Gasteiger partial charge is 0.319 e. The van der Waals surface area contributed by atoms with Crippen molar-refractivity contribution < 1.29 is 18.0 Å². The Bertz CT molecular complexity index is 895. The van der Waals surface area contributed by atoms with Gasteiger partial charge < -0.3 is 5.32 Å². The molecule has 10 heteroatoms. The number of fused-ring (bicyclic) bond motifs is 1. The third kappa shape index (κ3) is 2.74. The van der Waals surface area contributed by atoms with E-state index in [1.807, 2.05) is 0 Å². The number of aromatic nitrogens is 5. The summed E-state index contributed by atoms with van der Waals surface area (Å²) in [4.78, 5) is 16.5. The zero-order valence-corrected chi connectivity index (χ0v) is 12.1. The van der Waals surface area contributed by atoms with E-state index in [0.29, 0.717) is 5.69 Å². The van der Waals surface area contributed by atoms with Crippen molar-refractivity contribution in [1.82, 2.24) is 24.4 Å². The first-order valence-electron chi connectivity index (χ1n) is 6.49. The average molecular weight is 324 g/mol. The van der Waals surface area contributed by atoms with Gasteiger partial charge in [-0.15, -0.1) is 0 Å². The van der Waals surface area contributed by atoms with E-state index < -0.39 is 23.5 Å². The first-order chi connectivity index (χ1) is 10.8. The van der Waals surface area contributed by atoms with Gasteiger partial charge >= 0.3 is 6.18 Å². The van der Waals surface area contributed by atoms with Crippen molar-refractivity contribution in [2.45, 2.75) is 13.1 Å². The molecule has 0 fully saturated rings. The second-order valence-corrected chi connectivity index (χ2v) is 4.91. The largest absolute Gasteiger partial charge is 0.437 e. The third-order valence-corrected chi connectivity index (χ3v) is 3.10. The van der Waals surface area contributed by atoms with E-state index in [1.54, 1.807) is 19.2 Å². The molecule has 120 valence electrons. The Kier molecular flexibility index (Phi) is 3.31. The molecule has 0 unspecified atom stereocenters. The Balaban J connectivity index is 1.97. The van der Waals surface area contributed by atoms with Crippen molar-refractivity contribution in [2.24, 2.45) is 7.05 Å². The molecular formula is C13H11F3N6O. The molecule has 0 radical (unpaired) electrons. The summed E-state index contributed by atoms with van der Waals surface area (Å²) < 4.78 is 41.1. The van der Waals surface area contributed by atoms with Gasteiger partial charge in [0, 0.05) is 25.1 Å². The minimum atomic E-state index is -4.67. The maximum Gasteiger partial charge on any atom is 0.437 e. The molecule has 0 bridgehead atoms. The Morgan fingerprint density at radius 1 is 1.35 bits per heavy atom. The number of hydrogen-bond donors (Lipinski definition) is 1. The molecule has 7 nitrogen and oxygen atoms in total. The number of aryl methyl sites for hydroxylation is 2. The summed E-state index contributed by atoms with van der Waals surface area (Å²) in [5, 5.41) is 9.50. The van der Waals surface area contributed by atoms with Gasteiger partial charge in [0.05, 0.1) is 11.9 Å². The van der Waals surface area contributed by atoms with Crippen LogP contribution in [0.4, 0.5) is 18.9 Å². The van der Waals surface area contributed by atoms with Crippen LogP contribution in [0, 0.1) is 6.92 Å². The van der Waals surface area contributed by atoms with Crippen LogP contribution < -0.4 is 5.32 Å². The van der Waals surface area contributed by atoms with Crippen LogP contribution in [-0.2, 0) is 13.2 Å². The Morgan fingerprint density at radius 3 is 2.78 bits per heavy atom. The summed E-state index contributed by atoms with van der Waals surface area (Å²) in [7, 11) is 1.34. The highest BCUT2D eigenvalue weighted by Crippen LogP contribution is 2.33. The van der Waals surface area contributed by atoms with Gasteiger partial charge in [-0.05, 0) is 13.0 Å². The van der Waals surface area contributed by atoms with Gasteiger partial charge in [-0.1, -0.05) is 0 Å². The highest BCUT2D eigenvalue weighted by Gasteiger charge is 2.37. The lowest BCUT2D eigenvalue weighted by Gasteiger charge is -2.07. The predicted molar refractivity (Wildman–Crippen MR) is 73.9 cm³/mol. The molecule has 1 amide bonds. The summed E-state index contributed by atoms with van der Waals surface area (Å²) in [6, 6.07) is 1.70. The first kappa shape index (κ1) is 15.0. The van der Waals surface area contributed by atoms with Gasteiger partial charge in [0.1, 0.15) is 5.56 Å². The van der Waals surface area contributed by atoms with Gasteiger partial charge in [0.15, 0.2) is 11.3 Å². The van der Waals surface area contributed by atoms with Crippen LogP contribution in [-0.4, -0.2) is 30.3 Å². The van der Waals surface area contributed by atoms with Crippen molar-refractivity contribution in [3.05, 3.63) is 41.6 Å². The Labute approximate surface area is 127 Å². The summed E-state index contributed by atoms with van der Waals surface area (Å²) in [5.41, 5.74) is -0.582. The summed E-state index contributed by atoms with van der Waals surface area (Å²) >= 11 is 0. The fourth-order valence-corrected chi connectivity index (χ4v) is 2.10. The number of carbonyl (C=O) groups is 1. The third-order valence-electron chi connectivity index (χ3n) is 3.10. The number of nitrogens with zero attached hydrogens (tertiary/aromatic N) is 5. The quantitative estimate of drug-likeness (QED) is 0.782. The highest BCUT2D eigenvalue weighted by molar-refractivity contribution is 6.08. The van der Waals surface area contributed by atoms with Crippen LogP contribution in [0.25, 0.3) is 5.65 Å². The number of halogens is 3. The van der Waals surface area contributed by atoms with E-state index >= 15 is 0 Å². The minimum absolute atomic E-state index is 0.0747. The van der Waals surface area contributed by atoms with Crippen LogP contribution in [0.15, 0.2) is 24.7 Å². The topological polar surface area (TPSA) is 77.1 Å². The molecule has 1 N–H and O–H groups in total. The van der Waals surface area contributed by atoms with Gasteiger partial charge in [-0.25, -0.2) is 9.50 Å². The molecule has 3 aromatic rings. The average Bonchev–Trinajstić information content (AvgIpc) is 3.01. The summed E-state index contributed by atoms with van der Waals surface area (Å²) in [5.74, 6) is -0.739. The molecular weight excluding hydrogens is 313 g/mol. The second kappa shape index (κ2) is 5.07. The molecule has 0 aromatic carbocycles. The van der Waals surface area contributed by atoms with E-state index in [-0.39, 0.29) is 11.2 Å². The maximum atomic E-state index is 12.9. The molecule has 0 atom stereocenters. The maximum absolute atomic E-state index is 12.9. The zero-order valence-electron chi connectivity index (χ0n) is 12.1. The van der Waals surface area contributed by atoms with E-state index in [9.17, 15) is 18.0 Å². The fourth-order valence-electron chi connectivity index (χ4n) is 2.10. The first-order valence-corrected chi connectivity index (χ1v) is 6.49. The van der Waals surface area contributed by atoms with Crippen LogP contribution >= 0.6 is 0 Å². The molecule has 0 saturated heterocycles. The van der Waals surface area contributed by atoms with Crippen LogP contribution in [0.2, 0.25) is 0 Å². The van der Waals surface area contributed by atoms with E-state index in [1.165, 1.54) is 17.8 Å². The molecule has 3 rings (SSSR count). The van der Waals surface area contributed by atoms with E-state index in [2.05, 4.69) is 20.5 Å². The SMILES string of the molecule is Cc1ccn2ncc(C(=O)Nc3cn(C)nc3C(F)(F)F)c2n1. The number of alkyl halides is 3. The molecule has 3 heterocycles. The van der Waals surface area contributed by atoms with Crippen LogP contribution in [0.3, 0.4) is 0 Å². The normalized spacial score (nSPS) is 11.9. The lowest BCUT2D eigenvalue weighted by atomic mass is 10.3. The zero-order chi connectivity index (χ0) is 16.8. The number of rotatable bonds is 2. The molecule has 3 aromatic heterocycles. The van der Waals surface area contributed by atoms with Crippen molar-refractivity contribution in [1.29, 1.82) is 0 Å². The van der Waals surface area contributed by atoms with Gasteiger partial charge in [0.2, 0.25) is 0 Å². The predicted octanol–water partition coefficient (Wildman–Crippen LogP) is 2.04. The molecule has 23 heavy (non-hydrogen) atoms. The minimum Gasteiger partial charge on any atom is -0.319 e. The summed E-state index contributed by atoms with van der Waals surface area (Å²) in [6.45, 7) is 1.73. The van der Waals surface area contributed by atoms with Crippen molar-refractivity contribution in [3.8, 4) is 0 Å². The number of anilines is 1. The van der Waals surface area contributed by atoms with Crippen LogP contribution in [0.5, 0.6) is 0 Å². The molecule has 0 aliphatic heterocycles. The lowest BCUT2D eigenvalue weighted by Crippen LogP contribution is -2.16. The number of nitrogens with one attached hydrogen (secondary N) is 1. The van der Waals surface area contributed by atoms with Gasteiger partial charge in [0.25, 0.3) is 5.91 Å². The number of hydrogen-bond acceptors (Lipinski definition) is 4. The monoisotopic (exact) mass is 324 g/mol. The Hall–Kier alpha value is -2.91. The number of carbonyl (C=O) groups excluding carboxylic acids is 1. The highest BCUT2D eigenvalue weighted by atomic mass is 19.4.